The van der Waals surface area contributed by atoms with Gasteiger partial charge in [-0.25, -0.2) is 0 Å². The number of halogens is 2. The molecule has 0 bridgehead atoms. The fraction of sp³-hybridized carbons (Fsp3) is 0.417. The molecular weight excluding hydrogens is 350 g/mol. The summed E-state index contributed by atoms with van der Waals surface area (Å²) in [5.74, 6) is 0.164. The van der Waals surface area contributed by atoms with Gasteiger partial charge in [-0.05, 0) is 30.5 Å². The summed E-state index contributed by atoms with van der Waals surface area (Å²) >= 11 is 6.64. The first-order valence-electron chi connectivity index (χ1n) is 5.37. The first kappa shape index (κ1) is 14.5. The topological polar surface area (TPSA) is 49.3 Å². The number of amides is 1. The van der Waals surface area contributed by atoms with Crippen LogP contribution in [0.4, 0.5) is 0 Å². The SMILES string of the molecule is CC(CCBr)CNC(=O)c1cc(Br)ccc1O. The van der Waals surface area contributed by atoms with Crippen molar-refractivity contribution in [3.8, 4) is 5.75 Å². The normalized spacial score (nSPS) is 12.2. The van der Waals surface area contributed by atoms with Crippen LogP contribution in [0.3, 0.4) is 0 Å². The summed E-state index contributed by atoms with van der Waals surface area (Å²) in [6.07, 6.45) is 1.00. The minimum atomic E-state index is -0.245. The van der Waals surface area contributed by atoms with Crippen LogP contribution in [0.2, 0.25) is 0 Å². The maximum absolute atomic E-state index is 11.8. The minimum Gasteiger partial charge on any atom is -0.507 e. The number of hydrogen-bond acceptors (Lipinski definition) is 2. The lowest BCUT2D eigenvalue weighted by Gasteiger charge is -2.11. The van der Waals surface area contributed by atoms with Crippen LogP contribution < -0.4 is 5.32 Å². The van der Waals surface area contributed by atoms with Crippen molar-refractivity contribution in [3.05, 3.63) is 28.2 Å². The standard InChI is InChI=1S/C12H15Br2NO2/c1-8(4-5-13)7-15-12(17)10-6-9(14)2-3-11(10)16/h2-3,6,8,16H,4-5,7H2,1H3,(H,15,17). The number of hydrogen-bond donors (Lipinski definition) is 2. The second-order valence-electron chi connectivity index (χ2n) is 3.95. The molecule has 1 unspecified atom stereocenters. The smallest absolute Gasteiger partial charge is 0.255 e. The number of phenols is 1. The molecule has 0 spiro atoms. The zero-order valence-corrected chi connectivity index (χ0v) is 12.7. The van der Waals surface area contributed by atoms with E-state index in [2.05, 4.69) is 44.1 Å². The molecule has 1 amide bonds. The largest absolute Gasteiger partial charge is 0.507 e. The van der Waals surface area contributed by atoms with Gasteiger partial charge in [0.05, 0.1) is 5.56 Å². The molecule has 1 rings (SSSR count). The minimum absolute atomic E-state index is 0.00107. The van der Waals surface area contributed by atoms with Crippen molar-refractivity contribution in [3.63, 3.8) is 0 Å². The number of carbonyl (C=O) groups excluding carboxylic acids is 1. The monoisotopic (exact) mass is 363 g/mol. The number of aromatic hydroxyl groups is 1. The van der Waals surface area contributed by atoms with Crippen LogP contribution in [0.1, 0.15) is 23.7 Å². The molecule has 1 aromatic rings. The molecule has 0 aliphatic rings. The van der Waals surface area contributed by atoms with Gasteiger partial charge in [-0.15, -0.1) is 0 Å². The highest BCUT2D eigenvalue weighted by Gasteiger charge is 2.12. The van der Waals surface area contributed by atoms with E-state index < -0.39 is 0 Å². The molecule has 0 aliphatic carbocycles. The molecule has 0 aliphatic heterocycles. The predicted molar refractivity (Wildman–Crippen MR) is 75.7 cm³/mol. The zero-order valence-electron chi connectivity index (χ0n) is 9.54. The van der Waals surface area contributed by atoms with Crippen LogP contribution in [0, 0.1) is 5.92 Å². The van der Waals surface area contributed by atoms with Gasteiger partial charge in [0.2, 0.25) is 0 Å². The van der Waals surface area contributed by atoms with Crippen LogP contribution in [0.15, 0.2) is 22.7 Å². The third-order valence-corrected chi connectivity index (χ3v) is 3.37. The highest BCUT2D eigenvalue weighted by molar-refractivity contribution is 9.10. The van der Waals surface area contributed by atoms with Gasteiger partial charge in [0.1, 0.15) is 5.75 Å². The van der Waals surface area contributed by atoms with Gasteiger partial charge in [-0.2, -0.15) is 0 Å². The van der Waals surface area contributed by atoms with Crippen LogP contribution in [0.5, 0.6) is 5.75 Å². The number of carbonyl (C=O) groups is 1. The molecule has 0 radical (unpaired) electrons. The van der Waals surface area contributed by atoms with Crippen molar-refractivity contribution in [1.29, 1.82) is 0 Å². The second-order valence-corrected chi connectivity index (χ2v) is 5.66. The predicted octanol–water partition coefficient (Wildman–Crippen LogP) is 3.31. The highest BCUT2D eigenvalue weighted by Crippen LogP contribution is 2.21. The van der Waals surface area contributed by atoms with Gasteiger partial charge < -0.3 is 10.4 Å². The zero-order chi connectivity index (χ0) is 12.8. The lowest BCUT2D eigenvalue weighted by molar-refractivity contribution is 0.0945. The molecule has 0 fully saturated rings. The molecule has 0 saturated carbocycles. The summed E-state index contributed by atoms with van der Waals surface area (Å²) in [5.41, 5.74) is 0.297. The molecular formula is C12H15Br2NO2. The van der Waals surface area contributed by atoms with E-state index in [4.69, 9.17) is 0 Å². The van der Waals surface area contributed by atoms with E-state index in [0.717, 1.165) is 16.2 Å². The van der Waals surface area contributed by atoms with Crippen LogP contribution >= 0.6 is 31.9 Å². The molecule has 0 heterocycles. The quantitative estimate of drug-likeness (QED) is 0.787. The average molecular weight is 365 g/mol. The van der Waals surface area contributed by atoms with Crippen molar-refractivity contribution in [2.24, 2.45) is 5.92 Å². The Bertz CT molecular complexity index is 396. The maximum atomic E-state index is 11.8. The Morgan fingerprint density at radius 3 is 2.88 bits per heavy atom. The van der Waals surface area contributed by atoms with E-state index in [9.17, 15) is 9.90 Å². The number of nitrogens with one attached hydrogen (secondary N) is 1. The van der Waals surface area contributed by atoms with Crippen molar-refractivity contribution >= 4 is 37.8 Å². The Hall–Kier alpha value is -0.550. The van der Waals surface area contributed by atoms with Crippen LogP contribution in [-0.2, 0) is 0 Å². The number of benzene rings is 1. The lowest BCUT2D eigenvalue weighted by atomic mass is 10.1. The van der Waals surface area contributed by atoms with Gasteiger partial charge in [0.25, 0.3) is 5.91 Å². The molecule has 17 heavy (non-hydrogen) atoms. The molecule has 1 atom stereocenters. The Morgan fingerprint density at radius 1 is 1.53 bits per heavy atom. The van der Waals surface area contributed by atoms with E-state index in [1.807, 2.05) is 0 Å². The fourth-order valence-corrected chi connectivity index (χ4v) is 2.48. The molecule has 94 valence electrons. The van der Waals surface area contributed by atoms with E-state index in [0.29, 0.717) is 18.0 Å². The number of phenolic OH excluding ortho intramolecular Hbond substituents is 1. The first-order chi connectivity index (χ1) is 8.04. The third-order valence-electron chi connectivity index (χ3n) is 2.42. The van der Waals surface area contributed by atoms with E-state index in [-0.39, 0.29) is 11.7 Å². The van der Waals surface area contributed by atoms with Crippen molar-refractivity contribution in [2.45, 2.75) is 13.3 Å². The van der Waals surface area contributed by atoms with Crippen molar-refractivity contribution in [1.82, 2.24) is 5.32 Å². The summed E-state index contributed by atoms with van der Waals surface area (Å²) in [6.45, 7) is 2.68. The van der Waals surface area contributed by atoms with Gasteiger partial charge >= 0.3 is 0 Å². The number of alkyl halides is 1. The molecule has 3 nitrogen and oxygen atoms in total. The molecule has 0 aromatic heterocycles. The Labute approximate surface area is 118 Å². The molecule has 2 N–H and O–H groups in total. The van der Waals surface area contributed by atoms with Crippen molar-refractivity contribution in [2.75, 3.05) is 11.9 Å². The van der Waals surface area contributed by atoms with E-state index in [1.54, 1.807) is 12.1 Å². The summed E-state index contributed by atoms with van der Waals surface area (Å²) in [4.78, 5) is 11.8. The van der Waals surface area contributed by atoms with E-state index >= 15 is 0 Å². The van der Waals surface area contributed by atoms with Crippen LogP contribution in [-0.4, -0.2) is 22.9 Å². The Kier molecular flexibility index (Phi) is 5.98. The summed E-state index contributed by atoms with van der Waals surface area (Å²) in [5, 5.41) is 13.3. The summed E-state index contributed by atoms with van der Waals surface area (Å²) < 4.78 is 0.772. The third kappa shape index (κ3) is 4.68. The first-order valence-corrected chi connectivity index (χ1v) is 7.28. The van der Waals surface area contributed by atoms with Crippen LogP contribution in [0.25, 0.3) is 0 Å². The lowest BCUT2D eigenvalue weighted by Crippen LogP contribution is -2.28. The van der Waals surface area contributed by atoms with Gasteiger partial charge in [0.15, 0.2) is 0 Å². The van der Waals surface area contributed by atoms with Gasteiger partial charge in [-0.1, -0.05) is 38.8 Å². The molecule has 0 saturated heterocycles. The Balaban J connectivity index is 2.61. The van der Waals surface area contributed by atoms with Gasteiger partial charge in [-0.3, -0.25) is 4.79 Å². The van der Waals surface area contributed by atoms with Crippen molar-refractivity contribution < 1.29 is 9.90 Å². The average Bonchev–Trinajstić information content (AvgIpc) is 2.29. The molecule has 1 aromatic carbocycles. The summed E-state index contributed by atoms with van der Waals surface area (Å²) in [7, 11) is 0. The Morgan fingerprint density at radius 2 is 2.24 bits per heavy atom. The van der Waals surface area contributed by atoms with E-state index in [1.165, 1.54) is 6.07 Å². The highest BCUT2D eigenvalue weighted by atomic mass is 79.9. The fourth-order valence-electron chi connectivity index (χ4n) is 1.34. The molecule has 5 heteroatoms. The second kappa shape index (κ2) is 7.01. The number of rotatable bonds is 5. The summed E-state index contributed by atoms with van der Waals surface area (Å²) in [6, 6.07) is 4.81. The maximum Gasteiger partial charge on any atom is 0.255 e. The van der Waals surface area contributed by atoms with Gasteiger partial charge in [0, 0.05) is 16.3 Å².